The van der Waals surface area contributed by atoms with Crippen LogP contribution in [0, 0.1) is 11.7 Å². The SMILES string of the molecule is CCS(=O)(=O)N[C@H]1[C@@H](F)CN(C(=O)C2CC2)[C@H]1Cc1cccc(-c2ccccc2F)c1. The molecule has 2 aliphatic rings. The lowest BCUT2D eigenvalue weighted by atomic mass is 9.96. The number of alkyl halides is 1. The van der Waals surface area contributed by atoms with Crippen molar-refractivity contribution in [3.8, 4) is 11.1 Å². The van der Waals surface area contributed by atoms with E-state index in [1.165, 1.54) is 17.9 Å². The fraction of sp³-hybridized carbons (Fsp3) is 0.435. The van der Waals surface area contributed by atoms with Gasteiger partial charge in [0.25, 0.3) is 0 Å². The van der Waals surface area contributed by atoms with E-state index in [1.807, 2.05) is 12.1 Å². The number of halogens is 2. The van der Waals surface area contributed by atoms with E-state index in [2.05, 4.69) is 4.72 Å². The van der Waals surface area contributed by atoms with Gasteiger partial charge in [-0.3, -0.25) is 4.79 Å². The van der Waals surface area contributed by atoms with Crippen molar-refractivity contribution >= 4 is 15.9 Å². The zero-order valence-electron chi connectivity index (χ0n) is 17.3. The number of benzene rings is 2. The number of sulfonamides is 1. The van der Waals surface area contributed by atoms with Crippen LogP contribution in [0.1, 0.15) is 25.3 Å². The van der Waals surface area contributed by atoms with Gasteiger partial charge < -0.3 is 4.90 Å². The second-order valence-corrected chi connectivity index (χ2v) is 10.3. The van der Waals surface area contributed by atoms with Crippen LogP contribution in [0.3, 0.4) is 0 Å². The number of nitrogens with zero attached hydrogens (tertiary/aromatic N) is 1. The summed E-state index contributed by atoms with van der Waals surface area (Å²) in [5.74, 6) is -0.719. The molecule has 2 aromatic carbocycles. The van der Waals surface area contributed by atoms with Gasteiger partial charge in [0.15, 0.2) is 0 Å². The minimum absolute atomic E-state index is 0.0963. The molecule has 1 saturated carbocycles. The summed E-state index contributed by atoms with van der Waals surface area (Å²) in [6.07, 6.45) is 0.363. The Balaban J connectivity index is 1.64. The maximum absolute atomic E-state index is 14.9. The Morgan fingerprint density at radius 3 is 2.58 bits per heavy atom. The fourth-order valence-electron chi connectivity index (χ4n) is 4.17. The van der Waals surface area contributed by atoms with Gasteiger partial charge in [0.2, 0.25) is 15.9 Å². The van der Waals surface area contributed by atoms with Crippen LogP contribution >= 0.6 is 0 Å². The zero-order valence-corrected chi connectivity index (χ0v) is 18.1. The standard InChI is InChI=1S/C23H26F2N2O3S/c1-2-31(29,30)26-22-20(25)14-27(23(28)16-10-11-16)21(22)13-15-6-5-7-17(12-15)18-8-3-4-9-19(18)24/h3-9,12,16,20-22,26H,2,10-11,13-14H2,1H3/t20-,21-,22-/m0/s1. The lowest BCUT2D eigenvalue weighted by Gasteiger charge is -2.28. The highest BCUT2D eigenvalue weighted by Crippen LogP contribution is 2.35. The van der Waals surface area contributed by atoms with E-state index >= 15 is 0 Å². The van der Waals surface area contributed by atoms with Gasteiger partial charge in [-0.2, -0.15) is 0 Å². The van der Waals surface area contributed by atoms with Crippen molar-refractivity contribution < 1.29 is 22.0 Å². The third-order valence-electron chi connectivity index (χ3n) is 6.04. The zero-order chi connectivity index (χ0) is 22.2. The summed E-state index contributed by atoms with van der Waals surface area (Å²) in [5.41, 5.74) is 1.92. The third-order valence-corrected chi connectivity index (χ3v) is 7.43. The molecule has 2 aromatic rings. The van der Waals surface area contributed by atoms with Crippen molar-refractivity contribution in [1.29, 1.82) is 0 Å². The predicted octanol–water partition coefficient (Wildman–Crippen LogP) is 3.30. The Morgan fingerprint density at radius 2 is 1.90 bits per heavy atom. The normalized spacial score (nSPS) is 23.8. The molecule has 8 heteroatoms. The molecule has 1 aliphatic carbocycles. The number of nitrogens with one attached hydrogen (secondary N) is 1. The van der Waals surface area contributed by atoms with E-state index in [0.29, 0.717) is 11.1 Å². The molecule has 0 radical (unpaired) electrons. The van der Waals surface area contributed by atoms with Gasteiger partial charge in [0, 0.05) is 11.5 Å². The second kappa shape index (κ2) is 8.67. The average Bonchev–Trinajstić information content (AvgIpc) is 3.56. The van der Waals surface area contributed by atoms with Crippen LogP contribution in [0.2, 0.25) is 0 Å². The number of hydrogen-bond acceptors (Lipinski definition) is 3. The molecule has 1 N–H and O–H groups in total. The van der Waals surface area contributed by atoms with Gasteiger partial charge in [-0.15, -0.1) is 0 Å². The fourth-order valence-corrected chi connectivity index (χ4v) is 5.06. The number of likely N-dealkylation sites (tertiary alicyclic amines) is 1. The highest BCUT2D eigenvalue weighted by Gasteiger charge is 2.48. The molecule has 166 valence electrons. The van der Waals surface area contributed by atoms with Crippen molar-refractivity contribution in [2.75, 3.05) is 12.3 Å². The maximum atomic E-state index is 14.9. The number of carbonyl (C=O) groups is 1. The first-order valence-electron chi connectivity index (χ1n) is 10.6. The van der Waals surface area contributed by atoms with Crippen molar-refractivity contribution in [3.05, 3.63) is 59.9 Å². The molecule has 1 amide bonds. The lowest BCUT2D eigenvalue weighted by Crippen LogP contribution is -2.50. The number of carbonyl (C=O) groups excluding carboxylic acids is 1. The molecule has 1 heterocycles. The Kier molecular flexibility index (Phi) is 6.12. The summed E-state index contributed by atoms with van der Waals surface area (Å²) in [6, 6.07) is 12.0. The summed E-state index contributed by atoms with van der Waals surface area (Å²) in [5, 5.41) is 0. The summed E-state index contributed by atoms with van der Waals surface area (Å²) in [4.78, 5) is 14.3. The quantitative estimate of drug-likeness (QED) is 0.707. The summed E-state index contributed by atoms with van der Waals surface area (Å²) in [7, 11) is -3.65. The molecule has 0 spiro atoms. The van der Waals surface area contributed by atoms with Crippen molar-refractivity contribution in [3.63, 3.8) is 0 Å². The molecule has 1 saturated heterocycles. The molecule has 0 unspecified atom stereocenters. The lowest BCUT2D eigenvalue weighted by molar-refractivity contribution is -0.133. The summed E-state index contributed by atoms with van der Waals surface area (Å²) < 4.78 is 56.0. The van der Waals surface area contributed by atoms with Crippen LogP contribution in [0.15, 0.2) is 48.5 Å². The third kappa shape index (κ3) is 4.80. The average molecular weight is 449 g/mol. The highest BCUT2D eigenvalue weighted by molar-refractivity contribution is 7.89. The van der Waals surface area contributed by atoms with Gasteiger partial charge >= 0.3 is 0 Å². The smallest absolute Gasteiger partial charge is 0.226 e. The van der Waals surface area contributed by atoms with Crippen molar-refractivity contribution in [1.82, 2.24) is 9.62 Å². The van der Waals surface area contributed by atoms with Crippen LogP contribution in [-0.2, 0) is 21.2 Å². The molecular weight excluding hydrogens is 422 g/mol. The first-order valence-corrected chi connectivity index (χ1v) is 12.2. The van der Waals surface area contributed by atoms with Gasteiger partial charge in [-0.05, 0) is 43.4 Å². The number of hydrogen-bond donors (Lipinski definition) is 1. The predicted molar refractivity (Wildman–Crippen MR) is 115 cm³/mol. The minimum Gasteiger partial charge on any atom is -0.334 e. The van der Waals surface area contributed by atoms with E-state index in [-0.39, 0.29) is 36.4 Å². The number of rotatable bonds is 7. The molecule has 1 aliphatic heterocycles. The molecule has 4 rings (SSSR count). The monoisotopic (exact) mass is 448 g/mol. The first-order chi connectivity index (χ1) is 14.8. The Morgan fingerprint density at radius 1 is 1.16 bits per heavy atom. The molecule has 0 bridgehead atoms. The second-order valence-electron chi connectivity index (χ2n) is 8.28. The Hall–Kier alpha value is -2.32. The number of amides is 1. The van der Waals surface area contributed by atoms with Crippen LogP contribution < -0.4 is 4.72 Å². The summed E-state index contributed by atoms with van der Waals surface area (Å²) in [6.45, 7) is 1.37. The minimum atomic E-state index is -3.65. The van der Waals surface area contributed by atoms with Crippen LogP contribution in [0.25, 0.3) is 11.1 Å². The molecule has 31 heavy (non-hydrogen) atoms. The first kappa shape index (κ1) is 21.9. The van der Waals surface area contributed by atoms with Gasteiger partial charge in [0.05, 0.1) is 24.4 Å². The maximum Gasteiger partial charge on any atom is 0.226 e. The van der Waals surface area contributed by atoms with Gasteiger partial charge in [0.1, 0.15) is 12.0 Å². The van der Waals surface area contributed by atoms with Crippen LogP contribution in [-0.4, -0.2) is 49.8 Å². The molecule has 2 fully saturated rings. The van der Waals surface area contributed by atoms with E-state index in [4.69, 9.17) is 0 Å². The molecule has 3 atom stereocenters. The topological polar surface area (TPSA) is 66.5 Å². The van der Waals surface area contributed by atoms with Gasteiger partial charge in [-0.25, -0.2) is 21.9 Å². The van der Waals surface area contributed by atoms with Crippen LogP contribution in [0.5, 0.6) is 0 Å². The summed E-state index contributed by atoms with van der Waals surface area (Å²) >= 11 is 0. The van der Waals surface area contributed by atoms with E-state index < -0.39 is 28.3 Å². The van der Waals surface area contributed by atoms with Crippen LogP contribution in [0.4, 0.5) is 8.78 Å². The van der Waals surface area contributed by atoms with Gasteiger partial charge in [-0.1, -0.05) is 42.5 Å². The Labute approximate surface area is 181 Å². The van der Waals surface area contributed by atoms with Crippen molar-refractivity contribution in [2.24, 2.45) is 5.92 Å². The molecular formula is C23H26F2N2O3S. The van der Waals surface area contributed by atoms with E-state index in [9.17, 15) is 22.0 Å². The van der Waals surface area contributed by atoms with E-state index in [1.54, 1.807) is 30.3 Å². The molecule has 0 aromatic heterocycles. The Bertz CT molecular complexity index is 1070. The largest absolute Gasteiger partial charge is 0.334 e. The van der Waals surface area contributed by atoms with E-state index in [0.717, 1.165) is 18.4 Å². The molecule has 5 nitrogen and oxygen atoms in total. The highest BCUT2D eigenvalue weighted by atomic mass is 32.2. The van der Waals surface area contributed by atoms with Crippen molar-refractivity contribution in [2.45, 2.75) is 44.4 Å².